The van der Waals surface area contributed by atoms with Crippen LogP contribution in [-0.2, 0) is 12.6 Å². The third-order valence-corrected chi connectivity index (χ3v) is 3.27. The van der Waals surface area contributed by atoms with Crippen LogP contribution in [0, 0.1) is 0 Å². The van der Waals surface area contributed by atoms with Crippen molar-refractivity contribution in [3.8, 4) is 0 Å². The van der Waals surface area contributed by atoms with E-state index in [4.69, 9.17) is 0 Å². The van der Waals surface area contributed by atoms with Gasteiger partial charge in [0.2, 0.25) is 0 Å². The van der Waals surface area contributed by atoms with E-state index in [0.29, 0.717) is 16.7 Å². The molecule has 0 amide bonds. The minimum Gasteiger partial charge on any atom is -0.385 e. The Bertz CT molecular complexity index is 567. The Hall–Kier alpha value is -1.49. The van der Waals surface area contributed by atoms with E-state index in [1.54, 1.807) is 6.07 Å². The van der Waals surface area contributed by atoms with E-state index in [-0.39, 0.29) is 0 Å². The van der Waals surface area contributed by atoms with Crippen molar-refractivity contribution in [2.24, 2.45) is 0 Å². The Kier molecular flexibility index (Phi) is 4.70. The van der Waals surface area contributed by atoms with Gasteiger partial charge in [-0.25, -0.2) is 0 Å². The Morgan fingerprint density at radius 1 is 1.00 bits per heavy atom. The molecule has 2 aromatic rings. The SMILES string of the molecule is FC(F)(F)c1cc(Br)cc(NCCc2ccccc2)c1. The lowest BCUT2D eigenvalue weighted by Crippen LogP contribution is -2.08. The summed E-state index contributed by atoms with van der Waals surface area (Å²) in [7, 11) is 0. The summed E-state index contributed by atoms with van der Waals surface area (Å²) in [6.07, 6.45) is -3.58. The highest BCUT2D eigenvalue weighted by Crippen LogP contribution is 2.33. The second kappa shape index (κ2) is 6.31. The molecule has 0 unspecified atom stereocenters. The van der Waals surface area contributed by atoms with Gasteiger partial charge in [0.1, 0.15) is 0 Å². The highest BCUT2D eigenvalue weighted by Gasteiger charge is 2.31. The average molecular weight is 344 g/mol. The lowest BCUT2D eigenvalue weighted by Gasteiger charge is -2.12. The second-order valence-electron chi connectivity index (χ2n) is 4.39. The van der Waals surface area contributed by atoms with Gasteiger partial charge in [-0.1, -0.05) is 46.3 Å². The van der Waals surface area contributed by atoms with E-state index >= 15 is 0 Å². The Balaban J connectivity index is 2.01. The normalized spacial score (nSPS) is 11.4. The molecule has 0 aliphatic carbocycles. The molecule has 5 heteroatoms. The first kappa shape index (κ1) is 14.9. The molecule has 0 aliphatic heterocycles. The number of benzene rings is 2. The highest BCUT2D eigenvalue weighted by molar-refractivity contribution is 9.10. The number of alkyl halides is 3. The molecule has 0 spiro atoms. The van der Waals surface area contributed by atoms with Crippen LogP contribution >= 0.6 is 15.9 Å². The van der Waals surface area contributed by atoms with Crippen molar-refractivity contribution in [3.63, 3.8) is 0 Å². The van der Waals surface area contributed by atoms with E-state index in [2.05, 4.69) is 21.2 Å². The minimum absolute atomic E-state index is 0.412. The largest absolute Gasteiger partial charge is 0.416 e. The van der Waals surface area contributed by atoms with Crippen LogP contribution in [0.15, 0.2) is 53.0 Å². The van der Waals surface area contributed by atoms with Gasteiger partial charge >= 0.3 is 6.18 Å². The molecule has 2 aromatic carbocycles. The number of hydrogen-bond donors (Lipinski definition) is 1. The molecule has 0 saturated carbocycles. The van der Waals surface area contributed by atoms with Gasteiger partial charge in [0.25, 0.3) is 0 Å². The van der Waals surface area contributed by atoms with Gasteiger partial charge in [0.15, 0.2) is 0 Å². The molecular weight excluding hydrogens is 331 g/mol. The molecule has 106 valence electrons. The molecular formula is C15H13BrF3N. The number of hydrogen-bond acceptors (Lipinski definition) is 1. The second-order valence-corrected chi connectivity index (χ2v) is 5.30. The van der Waals surface area contributed by atoms with Crippen LogP contribution in [0.5, 0.6) is 0 Å². The van der Waals surface area contributed by atoms with Gasteiger partial charge in [-0.2, -0.15) is 13.2 Å². The number of nitrogens with one attached hydrogen (secondary N) is 1. The zero-order valence-corrected chi connectivity index (χ0v) is 12.1. The van der Waals surface area contributed by atoms with Gasteiger partial charge in [-0.05, 0) is 30.2 Å². The summed E-state index contributed by atoms with van der Waals surface area (Å²) in [5, 5.41) is 3.02. The third-order valence-electron chi connectivity index (χ3n) is 2.81. The van der Waals surface area contributed by atoms with Gasteiger partial charge in [-0.3, -0.25) is 0 Å². The Morgan fingerprint density at radius 3 is 2.35 bits per heavy atom. The lowest BCUT2D eigenvalue weighted by atomic mass is 10.1. The van der Waals surface area contributed by atoms with Crippen molar-refractivity contribution in [1.82, 2.24) is 0 Å². The van der Waals surface area contributed by atoms with Crippen LogP contribution in [-0.4, -0.2) is 6.54 Å². The highest BCUT2D eigenvalue weighted by atomic mass is 79.9. The van der Waals surface area contributed by atoms with E-state index in [1.165, 1.54) is 0 Å². The zero-order valence-electron chi connectivity index (χ0n) is 10.5. The quantitative estimate of drug-likeness (QED) is 0.812. The minimum atomic E-state index is -4.33. The molecule has 0 bridgehead atoms. The summed E-state index contributed by atoms with van der Waals surface area (Å²) < 4.78 is 38.5. The maximum atomic E-state index is 12.7. The van der Waals surface area contributed by atoms with Gasteiger partial charge < -0.3 is 5.32 Å². The molecule has 0 aliphatic rings. The van der Waals surface area contributed by atoms with Crippen molar-refractivity contribution in [2.75, 3.05) is 11.9 Å². The lowest BCUT2D eigenvalue weighted by molar-refractivity contribution is -0.137. The van der Waals surface area contributed by atoms with Crippen molar-refractivity contribution in [2.45, 2.75) is 12.6 Å². The van der Waals surface area contributed by atoms with E-state index in [0.717, 1.165) is 24.1 Å². The summed E-state index contributed by atoms with van der Waals surface area (Å²) in [5.74, 6) is 0. The average Bonchev–Trinajstić information content (AvgIpc) is 2.38. The van der Waals surface area contributed by atoms with Crippen LogP contribution in [0.3, 0.4) is 0 Å². The predicted molar refractivity (Wildman–Crippen MR) is 77.8 cm³/mol. The van der Waals surface area contributed by atoms with Gasteiger partial charge in [-0.15, -0.1) is 0 Å². The molecule has 0 heterocycles. The van der Waals surface area contributed by atoms with Crippen molar-refractivity contribution in [3.05, 3.63) is 64.1 Å². The zero-order chi connectivity index (χ0) is 14.6. The number of rotatable bonds is 4. The maximum Gasteiger partial charge on any atom is 0.416 e. The molecule has 0 radical (unpaired) electrons. The van der Waals surface area contributed by atoms with Crippen molar-refractivity contribution in [1.29, 1.82) is 0 Å². The van der Waals surface area contributed by atoms with Crippen LogP contribution in [0.4, 0.5) is 18.9 Å². The first-order valence-corrected chi connectivity index (χ1v) is 6.90. The van der Waals surface area contributed by atoms with Gasteiger partial charge in [0.05, 0.1) is 5.56 Å². The summed E-state index contributed by atoms with van der Waals surface area (Å²) in [4.78, 5) is 0. The smallest absolute Gasteiger partial charge is 0.385 e. The van der Waals surface area contributed by atoms with Crippen LogP contribution in [0.1, 0.15) is 11.1 Å². The van der Waals surface area contributed by atoms with E-state index in [9.17, 15) is 13.2 Å². The number of anilines is 1. The summed E-state index contributed by atoms with van der Waals surface area (Å²) in [6.45, 7) is 0.581. The molecule has 0 atom stereocenters. The van der Waals surface area contributed by atoms with Crippen LogP contribution in [0.25, 0.3) is 0 Å². The predicted octanol–water partition coefficient (Wildman–Crippen LogP) is 5.12. The number of halogens is 4. The fourth-order valence-corrected chi connectivity index (χ4v) is 2.34. The third kappa shape index (κ3) is 4.27. The molecule has 2 rings (SSSR count). The summed E-state index contributed by atoms with van der Waals surface area (Å²) in [6, 6.07) is 13.6. The summed E-state index contributed by atoms with van der Waals surface area (Å²) in [5.41, 5.74) is 0.947. The summed E-state index contributed by atoms with van der Waals surface area (Å²) >= 11 is 3.10. The van der Waals surface area contributed by atoms with Crippen LogP contribution < -0.4 is 5.32 Å². The molecule has 1 nitrogen and oxygen atoms in total. The first-order chi connectivity index (χ1) is 9.45. The van der Waals surface area contributed by atoms with Gasteiger partial charge in [0, 0.05) is 16.7 Å². The fraction of sp³-hybridized carbons (Fsp3) is 0.200. The topological polar surface area (TPSA) is 12.0 Å². The standard InChI is InChI=1S/C15H13BrF3N/c16-13-8-12(15(17,18)19)9-14(10-13)20-7-6-11-4-2-1-3-5-11/h1-5,8-10,20H,6-7H2. The molecule has 20 heavy (non-hydrogen) atoms. The fourth-order valence-electron chi connectivity index (χ4n) is 1.85. The Labute approximate surface area is 123 Å². The Morgan fingerprint density at radius 2 is 1.70 bits per heavy atom. The monoisotopic (exact) mass is 343 g/mol. The van der Waals surface area contributed by atoms with Crippen molar-refractivity contribution >= 4 is 21.6 Å². The first-order valence-electron chi connectivity index (χ1n) is 6.11. The molecule has 0 aromatic heterocycles. The molecule has 0 fully saturated rings. The van der Waals surface area contributed by atoms with Crippen molar-refractivity contribution < 1.29 is 13.2 Å². The molecule has 1 N–H and O–H groups in total. The maximum absolute atomic E-state index is 12.7. The van der Waals surface area contributed by atoms with Crippen LogP contribution in [0.2, 0.25) is 0 Å². The van der Waals surface area contributed by atoms with E-state index < -0.39 is 11.7 Å². The molecule has 0 saturated heterocycles. The van der Waals surface area contributed by atoms with E-state index in [1.807, 2.05) is 30.3 Å².